The molecule has 2 fully saturated rings. The van der Waals surface area contributed by atoms with E-state index in [0.717, 1.165) is 56.9 Å². The van der Waals surface area contributed by atoms with Crippen molar-refractivity contribution in [1.29, 1.82) is 0 Å². The van der Waals surface area contributed by atoms with Crippen LogP contribution in [-0.4, -0.2) is 78.4 Å². The zero-order valence-electron chi connectivity index (χ0n) is 29.3. The number of piperazine rings is 1. The standard InChI is InChI=1S/C38H44N8O4/c1-23-19-43(27-21-50-22-27)10-11-44(23)26-6-7-34(40-18-26)41-31-15-29(24(2)42(5)36(31)48)28-8-9-39-35(30(28)20-47)46-13-12-45-32(37(46)49)14-25-16-38(3,4)17-33(25)45/h6-9,12-15,18,23,27,47H,10-11,16-17,19-22H2,1-5H3,(H,40,41)/t23-/m0/s1. The minimum absolute atomic E-state index is 0.168. The van der Waals surface area contributed by atoms with Crippen LogP contribution in [0, 0.1) is 12.3 Å². The summed E-state index contributed by atoms with van der Waals surface area (Å²) >= 11 is 0. The van der Waals surface area contributed by atoms with Gasteiger partial charge >= 0.3 is 0 Å². The predicted molar refractivity (Wildman–Crippen MR) is 194 cm³/mol. The van der Waals surface area contributed by atoms with E-state index in [1.54, 1.807) is 30.1 Å². The second-order valence-electron chi connectivity index (χ2n) is 14.9. The number of hydrogen-bond acceptors (Lipinski definition) is 9. The number of pyridine rings is 3. The molecule has 3 aliphatic rings. The van der Waals surface area contributed by atoms with Gasteiger partial charge in [-0.3, -0.25) is 19.1 Å². The van der Waals surface area contributed by atoms with E-state index in [2.05, 4.69) is 45.9 Å². The lowest BCUT2D eigenvalue weighted by molar-refractivity contribution is -0.0691. The topological polar surface area (TPSA) is 122 Å². The Morgan fingerprint density at radius 2 is 1.84 bits per heavy atom. The Bertz CT molecular complexity index is 2230. The van der Waals surface area contributed by atoms with Crippen molar-refractivity contribution in [3.05, 3.63) is 98.3 Å². The number of fused-ring (bicyclic) bond motifs is 3. The number of anilines is 3. The normalized spacial score (nSPS) is 19.2. The molecule has 0 spiro atoms. The van der Waals surface area contributed by atoms with Crippen LogP contribution in [0.2, 0.25) is 0 Å². The molecule has 7 heterocycles. The fourth-order valence-corrected chi connectivity index (χ4v) is 8.01. The predicted octanol–water partition coefficient (Wildman–Crippen LogP) is 3.82. The smallest absolute Gasteiger partial charge is 0.280 e. The molecule has 0 amide bonds. The van der Waals surface area contributed by atoms with Gasteiger partial charge in [-0.05, 0) is 73.6 Å². The highest BCUT2D eigenvalue weighted by molar-refractivity contribution is 5.76. The first kappa shape index (κ1) is 32.4. The lowest BCUT2D eigenvalue weighted by Gasteiger charge is -2.46. The molecule has 0 unspecified atom stereocenters. The van der Waals surface area contributed by atoms with E-state index in [1.165, 1.54) is 15.8 Å². The van der Waals surface area contributed by atoms with Gasteiger partial charge in [-0.25, -0.2) is 9.97 Å². The Morgan fingerprint density at radius 3 is 2.54 bits per heavy atom. The average molecular weight is 677 g/mol. The summed E-state index contributed by atoms with van der Waals surface area (Å²) in [7, 11) is 1.73. The average Bonchev–Trinajstić information content (AvgIpc) is 3.56. The van der Waals surface area contributed by atoms with Crippen molar-refractivity contribution in [3.8, 4) is 16.9 Å². The molecule has 12 heteroatoms. The Labute approximate surface area is 290 Å². The molecular weight excluding hydrogens is 632 g/mol. The largest absolute Gasteiger partial charge is 0.392 e. The molecule has 1 aliphatic carbocycles. The van der Waals surface area contributed by atoms with Gasteiger partial charge < -0.3 is 29.0 Å². The van der Waals surface area contributed by atoms with Gasteiger partial charge in [-0.1, -0.05) is 13.8 Å². The first-order valence-corrected chi connectivity index (χ1v) is 17.4. The molecule has 2 aliphatic heterocycles. The van der Waals surface area contributed by atoms with E-state index in [9.17, 15) is 14.7 Å². The van der Waals surface area contributed by atoms with Crippen LogP contribution in [0.5, 0.6) is 0 Å². The molecule has 1 atom stereocenters. The van der Waals surface area contributed by atoms with E-state index in [4.69, 9.17) is 4.74 Å². The Balaban J connectivity index is 1.10. The minimum Gasteiger partial charge on any atom is -0.392 e. The third-order valence-corrected chi connectivity index (χ3v) is 10.9. The number of rotatable bonds is 7. The second-order valence-corrected chi connectivity index (χ2v) is 14.9. The molecule has 0 bridgehead atoms. The van der Waals surface area contributed by atoms with Crippen molar-refractivity contribution in [2.45, 2.75) is 59.2 Å². The number of nitrogens with zero attached hydrogens (tertiary/aromatic N) is 7. The van der Waals surface area contributed by atoms with E-state index in [1.807, 2.05) is 48.0 Å². The molecule has 5 aromatic rings. The highest BCUT2D eigenvalue weighted by Gasteiger charge is 2.33. The van der Waals surface area contributed by atoms with E-state index >= 15 is 0 Å². The van der Waals surface area contributed by atoms with Crippen molar-refractivity contribution < 1.29 is 9.84 Å². The molecule has 0 aromatic carbocycles. The summed E-state index contributed by atoms with van der Waals surface area (Å²) in [6.45, 7) is 12.8. The van der Waals surface area contributed by atoms with Gasteiger partial charge in [0.15, 0.2) is 0 Å². The molecule has 8 rings (SSSR count). The Hall–Kier alpha value is -4.78. The first-order valence-electron chi connectivity index (χ1n) is 17.4. The monoisotopic (exact) mass is 676 g/mol. The van der Waals surface area contributed by atoms with Gasteiger partial charge in [0, 0.05) is 73.8 Å². The lowest BCUT2D eigenvalue weighted by atomic mass is 9.90. The summed E-state index contributed by atoms with van der Waals surface area (Å²) in [5.74, 6) is 0.911. The van der Waals surface area contributed by atoms with Crippen LogP contribution in [0.1, 0.15) is 43.3 Å². The van der Waals surface area contributed by atoms with Crippen molar-refractivity contribution in [3.63, 3.8) is 0 Å². The van der Waals surface area contributed by atoms with Gasteiger partial charge in [0.2, 0.25) is 0 Å². The minimum atomic E-state index is -0.350. The molecule has 5 aromatic heterocycles. The molecule has 2 N–H and O–H groups in total. The van der Waals surface area contributed by atoms with Crippen LogP contribution in [0.25, 0.3) is 22.5 Å². The maximum Gasteiger partial charge on any atom is 0.280 e. The molecule has 12 nitrogen and oxygen atoms in total. The maximum absolute atomic E-state index is 13.9. The summed E-state index contributed by atoms with van der Waals surface area (Å²) in [5.41, 5.74) is 6.76. The third kappa shape index (κ3) is 5.42. The van der Waals surface area contributed by atoms with Crippen molar-refractivity contribution in [2.24, 2.45) is 12.5 Å². The summed E-state index contributed by atoms with van der Waals surface area (Å²) < 4.78 is 10.5. The van der Waals surface area contributed by atoms with Gasteiger partial charge in [0.1, 0.15) is 22.8 Å². The van der Waals surface area contributed by atoms with Gasteiger partial charge in [0.05, 0.1) is 37.7 Å². The van der Waals surface area contributed by atoms with E-state index in [0.29, 0.717) is 51.7 Å². The highest BCUT2D eigenvalue weighted by atomic mass is 16.5. The van der Waals surface area contributed by atoms with Crippen LogP contribution in [-0.2, 0) is 31.2 Å². The van der Waals surface area contributed by atoms with Crippen LogP contribution in [0.3, 0.4) is 0 Å². The van der Waals surface area contributed by atoms with E-state index in [-0.39, 0.29) is 23.1 Å². The molecule has 260 valence electrons. The van der Waals surface area contributed by atoms with Crippen LogP contribution >= 0.6 is 0 Å². The van der Waals surface area contributed by atoms with Crippen LogP contribution < -0.4 is 21.3 Å². The number of aromatic nitrogens is 5. The van der Waals surface area contributed by atoms with Crippen molar-refractivity contribution in [2.75, 3.05) is 43.1 Å². The summed E-state index contributed by atoms with van der Waals surface area (Å²) in [4.78, 5) is 41.5. The van der Waals surface area contributed by atoms with Crippen molar-refractivity contribution in [1.82, 2.24) is 28.4 Å². The fourth-order valence-electron chi connectivity index (χ4n) is 8.01. The molecule has 0 saturated carbocycles. The zero-order chi connectivity index (χ0) is 34.9. The Kier molecular flexibility index (Phi) is 7.92. The van der Waals surface area contributed by atoms with E-state index < -0.39 is 0 Å². The molecule has 50 heavy (non-hydrogen) atoms. The number of hydrogen-bond donors (Lipinski definition) is 2. The zero-order valence-corrected chi connectivity index (χ0v) is 29.3. The van der Waals surface area contributed by atoms with Crippen LogP contribution in [0.4, 0.5) is 17.2 Å². The molecule has 2 saturated heterocycles. The number of aliphatic hydroxyl groups excluding tert-OH is 1. The van der Waals surface area contributed by atoms with Gasteiger partial charge in [-0.2, -0.15) is 0 Å². The molecular formula is C38H44N8O4. The van der Waals surface area contributed by atoms with Crippen molar-refractivity contribution >= 4 is 22.7 Å². The van der Waals surface area contributed by atoms with Gasteiger partial charge in [0.25, 0.3) is 11.1 Å². The summed E-state index contributed by atoms with van der Waals surface area (Å²) in [6.07, 6.45) is 8.97. The number of nitrogens with one attached hydrogen (secondary N) is 1. The summed E-state index contributed by atoms with van der Waals surface area (Å²) in [6, 6.07) is 10.4. The van der Waals surface area contributed by atoms with Crippen LogP contribution in [0.15, 0.2) is 64.7 Å². The molecule has 0 radical (unpaired) electrons. The second kappa shape index (κ2) is 12.2. The highest BCUT2D eigenvalue weighted by Crippen LogP contribution is 2.38. The summed E-state index contributed by atoms with van der Waals surface area (Å²) in [5, 5.41) is 14.0. The fraction of sp³-hybridized carbons (Fsp3) is 0.421. The van der Waals surface area contributed by atoms with Gasteiger partial charge in [-0.15, -0.1) is 0 Å². The lowest BCUT2D eigenvalue weighted by Crippen LogP contribution is -2.59. The Morgan fingerprint density at radius 1 is 1.02 bits per heavy atom. The SMILES string of the molecule is Cc1c(-c2ccnc(-n3ccn4c5c(cc4c3=O)CC(C)(C)C5)c2CO)cc(Nc2ccc(N3CCN(C4COC4)C[C@@H]3C)cn2)c(=O)n1C. The number of ether oxygens (including phenoxy) is 1. The first-order chi connectivity index (χ1) is 24.0. The number of aliphatic hydroxyl groups is 1. The quantitative estimate of drug-likeness (QED) is 0.265. The third-order valence-electron chi connectivity index (χ3n) is 10.9. The maximum atomic E-state index is 13.9.